The molecule has 2 aromatic carbocycles. The number of piperidine rings is 1. The van der Waals surface area contributed by atoms with E-state index in [9.17, 15) is 24.6 Å². The van der Waals surface area contributed by atoms with Crippen LogP contribution in [0.3, 0.4) is 0 Å². The molecule has 10 atom stereocenters. The van der Waals surface area contributed by atoms with Crippen LogP contribution in [0.25, 0.3) is 16.5 Å². The molecule has 10 rings (SSSR count). The first-order valence-corrected chi connectivity index (χ1v) is 21.0. The maximum atomic E-state index is 14.3. The third-order valence-corrected chi connectivity index (χ3v) is 15.2. The van der Waals surface area contributed by atoms with Gasteiger partial charge in [-0.3, -0.25) is 14.6 Å². The Labute approximate surface area is 344 Å². The number of anilines is 1. The largest absolute Gasteiger partial charge is 0.496 e. The Bertz CT molecular complexity index is 2300. The fraction of sp³-hybridized carbons (Fsp3) is 0.543. The average Bonchev–Trinajstić information content (AvgIpc) is 3.87. The van der Waals surface area contributed by atoms with E-state index >= 15 is 0 Å². The van der Waals surface area contributed by atoms with Crippen molar-refractivity contribution >= 4 is 40.1 Å². The van der Waals surface area contributed by atoms with Gasteiger partial charge in [-0.25, -0.2) is 9.59 Å². The number of H-pyrrole nitrogens is 1. The van der Waals surface area contributed by atoms with Gasteiger partial charge in [0.2, 0.25) is 5.60 Å². The molecule has 7 heterocycles. The quantitative estimate of drug-likeness (QED) is 0.130. The lowest BCUT2D eigenvalue weighted by molar-refractivity contribution is -0.228. The number of nitrogens with one attached hydrogen (secondary N) is 1. The molecule has 3 N–H and O–H groups in total. The number of carbonyl (C=O) groups excluding carboxylic acids is 3. The Morgan fingerprint density at radius 2 is 1.80 bits per heavy atom. The van der Waals surface area contributed by atoms with Crippen molar-refractivity contribution in [1.82, 2.24) is 14.8 Å². The molecule has 2 bridgehead atoms. The number of aliphatic hydroxyl groups is 2. The predicted molar refractivity (Wildman–Crippen MR) is 221 cm³/mol. The summed E-state index contributed by atoms with van der Waals surface area (Å²) < 4.78 is 23.2. The molecule has 13 nitrogen and oxygen atoms in total. The molecule has 1 saturated carbocycles. The van der Waals surface area contributed by atoms with E-state index < -0.39 is 52.1 Å². The van der Waals surface area contributed by atoms with Gasteiger partial charge in [0.1, 0.15) is 5.75 Å². The second-order valence-corrected chi connectivity index (χ2v) is 17.7. The second-order valence-electron chi connectivity index (χ2n) is 17.7. The van der Waals surface area contributed by atoms with E-state index in [1.54, 1.807) is 7.11 Å². The van der Waals surface area contributed by atoms with E-state index in [2.05, 4.69) is 26.9 Å². The lowest BCUT2D eigenvalue weighted by Gasteiger charge is -2.63. The number of ether oxygens (including phenoxy) is 4. The van der Waals surface area contributed by atoms with Crippen LogP contribution in [0.5, 0.6) is 5.75 Å². The minimum atomic E-state index is -2.29. The molecular formula is C46H56N4O9. The van der Waals surface area contributed by atoms with Gasteiger partial charge in [0.25, 0.3) is 0 Å². The molecule has 3 aromatic rings. The summed E-state index contributed by atoms with van der Waals surface area (Å²) in [5.41, 5.74) is 0.378. The predicted octanol–water partition coefficient (Wildman–Crippen LogP) is 4.09. The second kappa shape index (κ2) is 13.9. The summed E-state index contributed by atoms with van der Waals surface area (Å²) in [6, 6.07) is 10.9. The minimum Gasteiger partial charge on any atom is -0.496 e. The summed E-state index contributed by atoms with van der Waals surface area (Å²) in [5, 5.41) is 26.9. The number of carbonyl (C=O) groups is 3. The maximum absolute atomic E-state index is 14.3. The van der Waals surface area contributed by atoms with Crippen molar-refractivity contribution < 1.29 is 43.5 Å². The lowest BCUT2D eigenvalue weighted by Crippen LogP contribution is -2.81. The van der Waals surface area contributed by atoms with Crippen molar-refractivity contribution in [1.29, 1.82) is 0 Å². The number of esters is 3. The number of likely N-dealkylation sites (N-methyl/N-ethyl adjacent to an activating group) is 1. The zero-order valence-electron chi connectivity index (χ0n) is 35.0. The van der Waals surface area contributed by atoms with Gasteiger partial charge in [0, 0.05) is 103 Å². The van der Waals surface area contributed by atoms with Crippen molar-refractivity contribution in [2.45, 2.75) is 87.2 Å². The summed E-state index contributed by atoms with van der Waals surface area (Å²) >= 11 is 0. The minimum absolute atomic E-state index is 0.297. The average molecular weight is 809 g/mol. The van der Waals surface area contributed by atoms with Crippen molar-refractivity contribution in [2.24, 2.45) is 11.3 Å². The Morgan fingerprint density at radius 1 is 1.02 bits per heavy atom. The van der Waals surface area contributed by atoms with Crippen LogP contribution < -0.4 is 9.64 Å². The van der Waals surface area contributed by atoms with Crippen molar-refractivity contribution in [3.05, 3.63) is 77.0 Å². The summed E-state index contributed by atoms with van der Waals surface area (Å²) in [6.07, 6.45) is 7.19. The van der Waals surface area contributed by atoms with Gasteiger partial charge in [-0.1, -0.05) is 50.3 Å². The van der Waals surface area contributed by atoms with E-state index in [0.717, 1.165) is 40.8 Å². The van der Waals surface area contributed by atoms with Gasteiger partial charge in [0.05, 0.1) is 38.5 Å². The van der Waals surface area contributed by atoms with E-state index in [1.165, 1.54) is 26.7 Å². The lowest BCUT2D eigenvalue weighted by atomic mass is 9.47. The van der Waals surface area contributed by atoms with Gasteiger partial charge in [0.15, 0.2) is 6.10 Å². The molecule has 7 aliphatic rings. The summed E-state index contributed by atoms with van der Waals surface area (Å²) in [5.74, 6) is -2.28. The number of rotatable bonds is 8. The number of nitrogens with zero attached hydrogens (tertiary/aromatic N) is 3. The van der Waals surface area contributed by atoms with Crippen LogP contribution in [0.4, 0.5) is 5.69 Å². The van der Waals surface area contributed by atoms with Crippen LogP contribution in [-0.2, 0) is 40.4 Å². The zero-order chi connectivity index (χ0) is 41.8. The maximum Gasteiger partial charge on any atom is 0.344 e. The molecule has 0 radical (unpaired) electrons. The summed E-state index contributed by atoms with van der Waals surface area (Å²) in [6.45, 7) is 8.52. The number of benzene rings is 2. The third-order valence-electron chi connectivity index (χ3n) is 15.2. The Kier molecular flexibility index (Phi) is 9.39. The highest BCUT2D eigenvalue weighted by Gasteiger charge is 2.80. The highest BCUT2D eigenvalue weighted by Crippen LogP contribution is 2.68. The molecule has 6 aliphatic heterocycles. The van der Waals surface area contributed by atoms with Gasteiger partial charge in [-0.2, -0.15) is 0 Å². The molecule has 59 heavy (non-hydrogen) atoms. The number of aromatic nitrogens is 1. The first kappa shape index (κ1) is 39.8. The van der Waals surface area contributed by atoms with Crippen LogP contribution >= 0.6 is 0 Å². The fourth-order valence-electron chi connectivity index (χ4n) is 13.1. The van der Waals surface area contributed by atoms with Crippen LogP contribution in [0, 0.1) is 11.3 Å². The first-order valence-electron chi connectivity index (χ1n) is 21.0. The van der Waals surface area contributed by atoms with Gasteiger partial charge in [-0.05, 0) is 55.5 Å². The highest BCUT2D eigenvalue weighted by molar-refractivity contribution is 6.17. The Hall–Kier alpha value is -4.69. The van der Waals surface area contributed by atoms with Gasteiger partial charge < -0.3 is 39.0 Å². The van der Waals surface area contributed by atoms with Crippen LogP contribution in [0.1, 0.15) is 68.3 Å². The molecule has 2 saturated heterocycles. The van der Waals surface area contributed by atoms with Crippen LogP contribution in [0.15, 0.2) is 54.6 Å². The normalized spacial score (nSPS) is 35.6. The van der Waals surface area contributed by atoms with Crippen molar-refractivity contribution in [2.75, 3.05) is 66.0 Å². The number of hydrogen-bond donors (Lipinski definition) is 3. The fourth-order valence-corrected chi connectivity index (χ4v) is 13.1. The molecule has 1 spiro atoms. The number of aromatic amines is 1. The number of para-hydroxylation sites is 1. The molecule has 1 aliphatic carbocycles. The van der Waals surface area contributed by atoms with Crippen LogP contribution in [-0.4, -0.2) is 133 Å². The third kappa shape index (κ3) is 5.26. The number of hydrogen-bond acceptors (Lipinski definition) is 12. The molecule has 1 aromatic heterocycles. The monoisotopic (exact) mass is 808 g/mol. The smallest absolute Gasteiger partial charge is 0.344 e. The van der Waals surface area contributed by atoms with Gasteiger partial charge >= 0.3 is 17.9 Å². The highest BCUT2D eigenvalue weighted by atomic mass is 16.6. The van der Waals surface area contributed by atoms with Crippen molar-refractivity contribution in [3.63, 3.8) is 0 Å². The van der Waals surface area contributed by atoms with Crippen molar-refractivity contribution in [3.8, 4) is 5.75 Å². The van der Waals surface area contributed by atoms with Gasteiger partial charge in [-0.15, -0.1) is 0 Å². The van der Waals surface area contributed by atoms with E-state index in [-0.39, 0.29) is 17.9 Å². The SMILES string of the molecule is CCC1(O)CN2CCc3c([nH]c4ccccc34)[C@@H]1[C@@H](/C=C(\C(=O)OC)c1cc3c(cc1OC)N(C)C1[C@]34CCN3CC=C[C@](CC)(C34)[C@@H](OC(C)=O)[C@]1(O)C(=O)OC)C2. The molecule has 3 fully saturated rings. The number of fused-ring (bicyclic) bond motifs is 5. The van der Waals surface area contributed by atoms with E-state index in [4.69, 9.17) is 18.9 Å². The molecule has 4 unspecified atom stereocenters. The molecule has 13 heteroatoms. The standard InChI is InChI=1S/C46H56N4O9/c1-8-43-16-12-18-50-20-17-45(39(43)50)32-22-30(35(56-5)23-34(32)48(4)40(45)46(55,42(53)58-7)41(43)59-26(3)51)31(38(52)57-6)21-27-24-49-19-15-29-28-13-10-11-14-33(28)47-37(29)36(27)44(54,9-2)25-49/h10-14,16,21-23,27,36,39-41,47,54-55H,8-9,15,17-20,24-25H2,1-7H3/b31-21-/t27-,36-,39?,40?,41+,43+,44?,45+,46-/m0/s1. The summed E-state index contributed by atoms with van der Waals surface area (Å²) in [7, 11) is 6.02. The summed E-state index contributed by atoms with van der Waals surface area (Å²) in [4.78, 5) is 51.8. The Morgan fingerprint density at radius 3 is 2.49 bits per heavy atom. The molecular weight excluding hydrogens is 753 g/mol. The van der Waals surface area contributed by atoms with E-state index in [0.29, 0.717) is 62.3 Å². The van der Waals surface area contributed by atoms with E-state index in [1.807, 2.05) is 68.3 Å². The molecule has 314 valence electrons. The number of methoxy groups -OCH3 is 3. The topological polar surface area (TPSA) is 154 Å². The zero-order valence-corrected chi connectivity index (χ0v) is 35.0. The van der Waals surface area contributed by atoms with Crippen LogP contribution in [0.2, 0.25) is 0 Å². The first-order chi connectivity index (χ1) is 28.3. The Balaban J connectivity index is 1.27. The molecule has 0 amide bonds.